The van der Waals surface area contributed by atoms with Crippen LogP contribution in [0, 0.1) is 0 Å². The fourth-order valence-corrected chi connectivity index (χ4v) is 4.74. The monoisotopic (exact) mass is 420 g/mol. The van der Waals surface area contributed by atoms with Crippen molar-refractivity contribution < 1.29 is 23.9 Å². The summed E-state index contributed by atoms with van der Waals surface area (Å²) in [5, 5.41) is 3.28. The van der Waals surface area contributed by atoms with E-state index in [2.05, 4.69) is 5.32 Å². The summed E-state index contributed by atoms with van der Waals surface area (Å²) < 4.78 is 9.71. The number of benzene rings is 1. The zero-order chi connectivity index (χ0) is 20.3. The van der Waals surface area contributed by atoms with Crippen molar-refractivity contribution in [3.8, 4) is 0 Å². The summed E-state index contributed by atoms with van der Waals surface area (Å²) in [6.45, 7) is 0.762. The molecule has 1 aliphatic heterocycles. The highest BCUT2D eigenvalue weighted by Gasteiger charge is 2.31. The number of esters is 1. The van der Waals surface area contributed by atoms with E-state index in [1.54, 1.807) is 28.8 Å². The van der Waals surface area contributed by atoms with Gasteiger partial charge >= 0.3 is 12.1 Å². The molecule has 0 unspecified atom stereocenters. The minimum atomic E-state index is -0.503. The van der Waals surface area contributed by atoms with Gasteiger partial charge in [0.15, 0.2) is 0 Å². The number of rotatable bonds is 4. The number of thiophene rings is 1. The van der Waals surface area contributed by atoms with Crippen LogP contribution in [0.2, 0.25) is 0 Å². The number of ether oxygens (including phenoxy) is 2. The summed E-state index contributed by atoms with van der Waals surface area (Å²) in [6.07, 6.45) is 2.01. The minimum absolute atomic E-state index is 0.301. The van der Waals surface area contributed by atoms with Crippen LogP contribution < -0.4 is 5.32 Å². The van der Waals surface area contributed by atoms with Crippen molar-refractivity contribution in [2.45, 2.75) is 17.9 Å². The van der Waals surface area contributed by atoms with Crippen molar-refractivity contribution in [2.75, 3.05) is 32.3 Å². The molecule has 0 bridgehead atoms. The van der Waals surface area contributed by atoms with E-state index in [4.69, 9.17) is 9.47 Å². The average molecular weight is 421 g/mol. The molecule has 0 radical (unpaired) electrons. The van der Waals surface area contributed by atoms with Gasteiger partial charge in [-0.15, -0.1) is 23.1 Å². The molecular formula is C19H20N2O5S2. The van der Waals surface area contributed by atoms with Gasteiger partial charge < -0.3 is 19.7 Å². The highest BCUT2D eigenvalue weighted by molar-refractivity contribution is 7.98. The number of fused-ring (bicyclic) bond motifs is 1. The van der Waals surface area contributed by atoms with Gasteiger partial charge in [-0.25, -0.2) is 9.59 Å². The molecule has 28 heavy (non-hydrogen) atoms. The van der Waals surface area contributed by atoms with Crippen molar-refractivity contribution >= 4 is 46.1 Å². The molecular weight excluding hydrogens is 400 g/mol. The topological polar surface area (TPSA) is 84.9 Å². The van der Waals surface area contributed by atoms with E-state index in [1.165, 1.54) is 25.6 Å². The van der Waals surface area contributed by atoms with E-state index in [9.17, 15) is 14.4 Å². The number of thioether (sulfide) groups is 1. The Morgan fingerprint density at radius 3 is 2.68 bits per heavy atom. The van der Waals surface area contributed by atoms with E-state index >= 15 is 0 Å². The highest BCUT2D eigenvalue weighted by atomic mass is 32.2. The standard InChI is InChI=1S/C19H20N2O5S2/c1-25-18(23)15-13-7-8-21(19(24)26-2)10-14(13)28-17(15)20-16(22)11-5-4-6-12(9-11)27-3/h4-6,9H,7-8,10H2,1-3H3,(H,20,22). The smallest absolute Gasteiger partial charge is 0.409 e. The first-order valence-corrected chi connectivity index (χ1v) is 10.5. The number of carbonyl (C=O) groups excluding carboxylic acids is 3. The SMILES string of the molecule is COC(=O)c1c(NC(=O)c2cccc(SC)c2)sc2c1CCN(C(=O)OC)C2. The predicted octanol–water partition coefficient (Wildman–Crippen LogP) is 3.63. The van der Waals surface area contributed by atoms with Crippen LogP contribution in [0.1, 0.15) is 31.2 Å². The van der Waals surface area contributed by atoms with Crippen molar-refractivity contribution in [2.24, 2.45) is 0 Å². The number of amides is 2. The lowest BCUT2D eigenvalue weighted by molar-refractivity contribution is 0.0600. The number of carbonyl (C=O) groups is 3. The Kier molecular flexibility index (Phi) is 6.25. The zero-order valence-corrected chi connectivity index (χ0v) is 17.4. The molecule has 0 spiro atoms. The van der Waals surface area contributed by atoms with E-state index < -0.39 is 12.1 Å². The van der Waals surface area contributed by atoms with E-state index in [0.717, 1.165) is 15.3 Å². The molecule has 9 heteroatoms. The van der Waals surface area contributed by atoms with Crippen molar-refractivity contribution in [3.63, 3.8) is 0 Å². The third-order valence-electron chi connectivity index (χ3n) is 4.44. The third kappa shape index (κ3) is 4.00. The Hall–Kier alpha value is -2.52. The molecule has 1 aromatic carbocycles. The van der Waals surface area contributed by atoms with Gasteiger partial charge in [0.05, 0.1) is 26.3 Å². The maximum atomic E-state index is 12.7. The van der Waals surface area contributed by atoms with Crippen LogP contribution in [0.25, 0.3) is 0 Å². The van der Waals surface area contributed by atoms with Crippen LogP contribution >= 0.6 is 23.1 Å². The number of methoxy groups -OCH3 is 2. The van der Waals surface area contributed by atoms with E-state index in [-0.39, 0.29) is 5.91 Å². The quantitative estimate of drug-likeness (QED) is 0.601. The van der Waals surface area contributed by atoms with Crippen molar-refractivity contribution in [1.29, 1.82) is 0 Å². The molecule has 0 atom stereocenters. The van der Waals surface area contributed by atoms with Gasteiger partial charge in [0.25, 0.3) is 5.91 Å². The Morgan fingerprint density at radius 1 is 1.21 bits per heavy atom. The third-order valence-corrected chi connectivity index (χ3v) is 6.30. The average Bonchev–Trinajstić information content (AvgIpc) is 3.09. The van der Waals surface area contributed by atoms with Crippen LogP contribution in [-0.4, -0.2) is 49.9 Å². The second-order valence-corrected chi connectivity index (χ2v) is 8.01. The lowest BCUT2D eigenvalue weighted by Crippen LogP contribution is -2.35. The molecule has 0 aliphatic carbocycles. The molecule has 2 amide bonds. The Bertz CT molecular complexity index is 925. The maximum Gasteiger partial charge on any atom is 0.409 e. The second kappa shape index (κ2) is 8.66. The Balaban J connectivity index is 1.92. The summed E-state index contributed by atoms with van der Waals surface area (Å²) >= 11 is 2.83. The predicted molar refractivity (Wildman–Crippen MR) is 108 cm³/mol. The summed E-state index contributed by atoms with van der Waals surface area (Å²) in [6, 6.07) is 7.26. The number of anilines is 1. The normalized spacial score (nSPS) is 12.9. The molecule has 1 aromatic heterocycles. The van der Waals surface area contributed by atoms with Gasteiger partial charge in [0.1, 0.15) is 5.00 Å². The molecule has 0 saturated heterocycles. The number of hydrogen-bond donors (Lipinski definition) is 1. The molecule has 148 valence electrons. The van der Waals surface area contributed by atoms with Gasteiger partial charge in [-0.3, -0.25) is 4.79 Å². The summed E-state index contributed by atoms with van der Waals surface area (Å²) in [4.78, 5) is 40.3. The molecule has 2 aromatic rings. The zero-order valence-electron chi connectivity index (χ0n) is 15.7. The molecule has 0 saturated carbocycles. The molecule has 0 fully saturated rings. The first-order valence-electron chi connectivity index (χ1n) is 8.49. The molecule has 2 heterocycles. The summed E-state index contributed by atoms with van der Waals surface area (Å²) in [5.74, 6) is -0.804. The van der Waals surface area contributed by atoms with Crippen LogP contribution in [0.3, 0.4) is 0 Å². The highest BCUT2D eigenvalue weighted by Crippen LogP contribution is 2.38. The maximum absolute atomic E-state index is 12.7. The van der Waals surface area contributed by atoms with Crippen LogP contribution in [-0.2, 0) is 22.4 Å². The molecule has 1 N–H and O–H groups in total. The lowest BCUT2D eigenvalue weighted by Gasteiger charge is -2.25. The van der Waals surface area contributed by atoms with Crippen molar-refractivity contribution in [1.82, 2.24) is 4.90 Å². The fourth-order valence-electron chi connectivity index (χ4n) is 3.03. The van der Waals surface area contributed by atoms with Gasteiger partial charge in [0, 0.05) is 21.9 Å². The van der Waals surface area contributed by atoms with Gasteiger partial charge in [0.2, 0.25) is 0 Å². The Morgan fingerprint density at radius 2 is 2.00 bits per heavy atom. The van der Waals surface area contributed by atoms with E-state index in [1.807, 2.05) is 18.4 Å². The molecule has 7 nitrogen and oxygen atoms in total. The Labute approximate surface area is 171 Å². The van der Waals surface area contributed by atoms with Crippen molar-refractivity contribution in [3.05, 3.63) is 45.8 Å². The molecule has 3 rings (SSSR count). The summed E-state index contributed by atoms with van der Waals surface area (Å²) in [5.41, 5.74) is 1.68. The van der Waals surface area contributed by atoms with Crippen LogP contribution in [0.15, 0.2) is 29.2 Å². The number of nitrogens with zero attached hydrogens (tertiary/aromatic N) is 1. The number of nitrogens with one attached hydrogen (secondary N) is 1. The lowest BCUT2D eigenvalue weighted by atomic mass is 10.0. The number of hydrogen-bond acceptors (Lipinski definition) is 7. The minimum Gasteiger partial charge on any atom is -0.465 e. The second-order valence-electron chi connectivity index (χ2n) is 6.03. The van der Waals surface area contributed by atoms with Crippen LogP contribution in [0.5, 0.6) is 0 Å². The van der Waals surface area contributed by atoms with E-state index in [0.29, 0.717) is 35.6 Å². The largest absolute Gasteiger partial charge is 0.465 e. The molecule has 1 aliphatic rings. The van der Waals surface area contributed by atoms with Gasteiger partial charge in [-0.05, 0) is 36.4 Å². The summed E-state index contributed by atoms with van der Waals surface area (Å²) in [7, 11) is 2.64. The fraction of sp³-hybridized carbons (Fsp3) is 0.316. The van der Waals surface area contributed by atoms with Gasteiger partial charge in [-0.1, -0.05) is 6.07 Å². The first kappa shape index (κ1) is 20.2. The van der Waals surface area contributed by atoms with Crippen LogP contribution in [0.4, 0.5) is 9.80 Å². The first-order chi connectivity index (χ1) is 13.5. The van der Waals surface area contributed by atoms with Gasteiger partial charge in [-0.2, -0.15) is 0 Å².